The number of aryl methyl sites for hydroxylation is 1. The van der Waals surface area contributed by atoms with Gasteiger partial charge in [0.25, 0.3) is 0 Å². The van der Waals surface area contributed by atoms with Crippen LogP contribution in [0.15, 0.2) is 59.8 Å². The van der Waals surface area contributed by atoms with E-state index in [1.165, 1.54) is 23.5 Å². The predicted octanol–water partition coefficient (Wildman–Crippen LogP) is 4.20. The fraction of sp³-hybridized carbons (Fsp3) is 0.273. The molecular weight excluding hydrogens is 419 g/mol. The molecule has 162 valence electrons. The summed E-state index contributed by atoms with van der Waals surface area (Å²) in [5, 5.41) is 3.21. The Morgan fingerprint density at radius 1 is 1.19 bits per heavy atom. The highest BCUT2D eigenvalue weighted by Crippen LogP contribution is 2.38. The Labute approximate surface area is 181 Å². The van der Waals surface area contributed by atoms with Crippen molar-refractivity contribution >= 4 is 21.5 Å². The monoisotopic (exact) mass is 442 g/mol. The van der Waals surface area contributed by atoms with E-state index in [4.69, 9.17) is 4.74 Å². The third-order valence-corrected chi connectivity index (χ3v) is 7.25. The number of anilines is 2. The molecule has 3 aromatic rings. The second kappa shape index (κ2) is 8.60. The molecule has 9 heteroatoms. The van der Waals surface area contributed by atoms with E-state index in [2.05, 4.69) is 15.3 Å². The van der Waals surface area contributed by atoms with E-state index >= 15 is 0 Å². The van der Waals surface area contributed by atoms with Crippen LogP contribution in [0.5, 0.6) is 5.75 Å². The average Bonchev–Trinajstić information content (AvgIpc) is 3.27. The van der Waals surface area contributed by atoms with Gasteiger partial charge in [-0.15, -0.1) is 0 Å². The summed E-state index contributed by atoms with van der Waals surface area (Å²) in [7, 11) is -2.60. The first kappa shape index (κ1) is 21.2. The second-order valence-electron chi connectivity index (χ2n) is 7.33. The third kappa shape index (κ3) is 4.24. The summed E-state index contributed by atoms with van der Waals surface area (Å²) in [4.78, 5) is 8.63. The number of ether oxygens (including phenoxy) is 1. The zero-order chi connectivity index (χ0) is 22.0. The van der Waals surface area contributed by atoms with Gasteiger partial charge in [0.05, 0.1) is 30.7 Å². The van der Waals surface area contributed by atoms with Crippen molar-refractivity contribution < 1.29 is 17.5 Å². The van der Waals surface area contributed by atoms with Crippen LogP contribution in [0, 0.1) is 12.7 Å². The molecule has 1 atom stereocenters. The maximum Gasteiger partial charge on any atom is 0.247 e. The van der Waals surface area contributed by atoms with E-state index in [-0.39, 0.29) is 10.6 Å². The van der Waals surface area contributed by atoms with Crippen molar-refractivity contribution in [3.05, 3.63) is 71.9 Å². The van der Waals surface area contributed by atoms with Gasteiger partial charge < -0.3 is 10.1 Å². The van der Waals surface area contributed by atoms with Gasteiger partial charge in [-0.25, -0.2) is 17.8 Å². The van der Waals surface area contributed by atoms with E-state index in [1.54, 1.807) is 12.4 Å². The molecule has 2 aromatic heterocycles. The number of hydrogen-bond donors (Lipinski definition) is 1. The standard InChI is InChI=1S/C22H23FN4O3S/c1-15-5-3-11-24-22(15)26-17-8-9-18(25-14-17)19-6-4-12-27(19)31(28,29)21-13-16(23)7-10-20(21)30-2/h3,5,7-11,13-14,19H,4,6,12H2,1-2H3,(H,24,26)/t19-/m1/s1. The van der Waals surface area contributed by atoms with E-state index in [9.17, 15) is 12.8 Å². The minimum atomic E-state index is -3.96. The van der Waals surface area contributed by atoms with Crippen LogP contribution in [0.4, 0.5) is 15.9 Å². The Kier molecular flexibility index (Phi) is 5.88. The molecule has 1 N–H and O–H groups in total. The third-order valence-electron chi connectivity index (χ3n) is 5.32. The second-order valence-corrected chi connectivity index (χ2v) is 9.19. The summed E-state index contributed by atoms with van der Waals surface area (Å²) in [6.45, 7) is 2.29. The Bertz CT molecular complexity index is 1190. The summed E-state index contributed by atoms with van der Waals surface area (Å²) < 4.78 is 47.0. The molecule has 0 radical (unpaired) electrons. The first-order chi connectivity index (χ1) is 14.9. The van der Waals surface area contributed by atoms with Crippen LogP contribution in [0.2, 0.25) is 0 Å². The number of nitrogens with one attached hydrogen (secondary N) is 1. The van der Waals surface area contributed by atoms with Gasteiger partial charge in [-0.2, -0.15) is 4.31 Å². The molecule has 4 rings (SSSR count). The number of nitrogens with zero attached hydrogens (tertiary/aromatic N) is 3. The topological polar surface area (TPSA) is 84.4 Å². The Hall–Kier alpha value is -3.04. The van der Waals surface area contributed by atoms with Crippen molar-refractivity contribution in [3.8, 4) is 5.75 Å². The molecule has 31 heavy (non-hydrogen) atoms. The quantitative estimate of drug-likeness (QED) is 0.616. The van der Waals surface area contributed by atoms with Crippen molar-refractivity contribution in [1.29, 1.82) is 0 Å². The minimum absolute atomic E-state index is 0.116. The zero-order valence-corrected chi connectivity index (χ0v) is 18.1. The molecule has 0 spiro atoms. The number of hydrogen-bond acceptors (Lipinski definition) is 6. The van der Waals surface area contributed by atoms with Crippen LogP contribution in [-0.4, -0.2) is 36.3 Å². The molecule has 1 aliphatic rings. The summed E-state index contributed by atoms with van der Waals surface area (Å²) in [6, 6.07) is 10.6. The number of pyridine rings is 2. The molecule has 7 nitrogen and oxygen atoms in total. The highest BCUT2D eigenvalue weighted by Gasteiger charge is 2.38. The van der Waals surface area contributed by atoms with Crippen LogP contribution in [0.25, 0.3) is 0 Å². The van der Waals surface area contributed by atoms with Crippen molar-refractivity contribution in [3.63, 3.8) is 0 Å². The van der Waals surface area contributed by atoms with Gasteiger partial charge in [0, 0.05) is 12.7 Å². The van der Waals surface area contributed by atoms with Crippen molar-refractivity contribution in [2.24, 2.45) is 0 Å². The fourth-order valence-electron chi connectivity index (χ4n) is 3.73. The summed E-state index contributed by atoms with van der Waals surface area (Å²) in [5.74, 6) is 0.221. The molecule has 1 aromatic carbocycles. The van der Waals surface area contributed by atoms with Crippen LogP contribution in [0.3, 0.4) is 0 Å². The molecule has 3 heterocycles. The van der Waals surface area contributed by atoms with E-state index in [1.807, 2.05) is 31.2 Å². The number of rotatable bonds is 6. The van der Waals surface area contributed by atoms with Gasteiger partial charge in [-0.05, 0) is 61.7 Å². The fourth-order valence-corrected chi connectivity index (χ4v) is 5.57. The largest absolute Gasteiger partial charge is 0.495 e. The Morgan fingerprint density at radius 3 is 2.74 bits per heavy atom. The lowest BCUT2D eigenvalue weighted by atomic mass is 10.1. The first-order valence-electron chi connectivity index (χ1n) is 9.90. The number of methoxy groups -OCH3 is 1. The average molecular weight is 443 g/mol. The number of benzene rings is 1. The predicted molar refractivity (Wildman–Crippen MR) is 115 cm³/mol. The van der Waals surface area contributed by atoms with E-state index < -0.39 is 21.9 Å². The molecule has 0 saturated carbocycles. The minimum Gasteiger partial charge on any atom is -0.495 e. The maximum absolute atomic E-state index is 13.8. The normalized spacial score (nSPS) is 16.9. The molecule has 1 saturated heterocycles. The van der Waals surface area contributed by atoms with Gasteiger partial charge in [0.1, 0.15) is 22.3 Å². The molecular formula is C22H23FN4O3S. The van der Waals surface area contributed by atoms with Crippen LogP contribution in [0.1, 0.15) is 30.1 Å². The number of halogens is 1. The molecule has 0 amide bonds. The lowest BCUT2D eigenvalue weighted by Gasteiger charge is -2.24. The van der Waals surface area contributed by atoms with Gasteiger partial charge in [-0.3, -0.25) is 4.98 Å². The highest BCUT2D eigenvalue weighted by molar-refractivity contribution is 7.89. The molecule has 0 unspecified atom stereocenters. The Morgan fingerprint density at radius 2 is 2.03 bits per heavy atom. The van der Waals surface area contributed by atoms with Crippen LogP contribution >= 0.6 is 0 Å². The van der Waals surface area contributed by atoms with Gasteiger partial charge in [0.2, 0.25) is 10.0 Å². The van der Waals surface area contributed by atoms with Crippen molar-refractivity contribution in [2.75, 3.05) is 19.0 Å². The van der Waals surface area contributed by atoms with E-state index in [0.717, 1.165) is 23.1 Å². The smallest absolute Gasteiger partial charge is 0.247 e. The van der Waals surface area contributed by atoms with Gasteiger partial charge in [0.15, 0.2) is 0 Å². The number of aromatic nitrogens is 2. The molecule has 1 fully saturated rings. The summed E-state index contributed by atoms with van der Waals surface area (Å²) >= 11 is 0. The number of sulfonamides is 1. The SMILES string of the molecule is COc1ccc(F)cc1S(=O)(=O)N1CCC[C@@H]1c1ccc(Nc2ncccc2C)cn1. The first-order valence-corrected chi connectivity index (χ1v) is 11.3. The van der Waals surface area contributed by atoms with Crippen LogP contribution < -0.4 is 10.1 Å². The molecule has 0 aliphatic carbocycles. The van der Waals surface area contributed by atoms with Crippen molar-refractivity contribution in [2.45, 2.75) is 30.7 Å². The van der Waals surface area contributed by atoms with E-state index in [0.29, 0.717) is 25.1 Å². The lowest BCUT2D eigenvalue weighted by Crippen LogP contribution is -2.31. The molecule has 0 bridgehead atoms. The zero-order valence-electron chi connectivity index (χ0n) is 17.2. The highest BCUT2D eigenvalue weighted by atomic mass is 32.2. The van der Waals surface area contributed by atoms with Gasteiger partial charge >= 0.3 is 0 Å². The molecule has 1 aliphatic heterocycles. The Balaban J connectivity index is 1.60. The summed E-state index contributed by atoms with van der Waals surface area (Å²) in [5.41, 5.74) is 2.40. The lowest BCUT2D eigenvalue weighted by molar-refractivity contribution is 0.376. The van der Waals surface area contributed by atoms with Gasteiger partial charge in [-0.1, -0.05) is 6.07 Å². The van der Waals surface area contributed by atoms with Crippen LogP contribution in [-0.2, 0) is 10.0 Å². The summed E-state index contributed by atoms with van der Waals surface area (Å²) in [6.07, 6.45) is 4.70. The maximum atomic E-state index is 13.8. The van der Waals surface area contributed by atoms with Crippen molar-refractivity contribution in [1.82, 2.24) is 14.3 Å².